The average Bonchev–Trinajstić information content (AvgIpc) is 3.35. The highest BCUT2D eigenvalue weighted by molar-refractivity contribution is 14.1. The first-order valence-electron chi connectivity index (χ1n) is 7.96. The van der Waals surface area contributed by atoms with E-state index in [0.717, 1.165) is 7.35 Å². The molecule has 2 aliphatic rings. The molecule has 2 amide bonds. The molecule has 0 bridgehead atoms. The quantitative estimate of drug-likeness (QED) is 0.257. The lowest BCUT2D eigenvalue weighted by Gasteiger charge is -2.49. The van der Waals surface area contributed by atoms with Crippen LogP contribution in [0.4, 0.5) is 0 Å². The molecule has 0 radical (unpaired) electrons. The number of rotatable bonds is 7. The molecule has 2 aromatic heterocycles. The molecule has 0 aliphatic carbocycles. The number of carbonyl (C=O) groups is 3. The molecule has 2 N–H and O–H groups in total. The summed E-state index contributed by atoms with van der Waals surface area (Å²) < 4.78 is 2.77. The van der Waals surface area contributed by atoms with Crippen molar-refractivity contribution in [1.29, 1.82) is 0 Å². The van der Waals surface area contributed by atoms with Gasteiger partial charge in [-0.1, -0.05) is 23.1 Å². The van der Waals surface area contributed by atoms with Gasteiger partial charge in [0.15, 0.2) is 7.35 Å². The maximum absolute atomic E-state index is 12.6. The number of thioether (sulfide) groups is 2. The van der Waals surface area contributed by atoms with Crippen LogP contribution in [-0.2, 0) is 20.9 Å². The van der Waals surface area contributed by atoms with E-state index in [9.17, 15) is 19.5 Å². The predicted octanol–water partition coefficient (Wildman–Crippen LogP) is -0.340. The first-order chi connectivity index (χ1) is 13.9. The first kappa shape index (κ1) is 20.5. The van der Waals surface area contributed by atoms with Gasteiger partial charge in [0.05, 0.1) is 0 Å². The summed E-state index contributed by atoms with van der Waals surface area (Å²) in [5, 5.41) is 30.3. The number of halogens is 1. The Balaban J connectivity index is 1.44. The van der Waals surface area contributed by atoms with Gasteiger partial charge in [-0.05, 0) is 38.6 Å². The number of β-lactam (4-membered cyclic amide) rings is 1. The zero-order valence-corrected chi connectivity index (χ0v) is 18.9. The number of hydrogen-bond acceptors (Lipinski definition) is 11. The summed E-state index contributed by atoms with van der Waals surface area (Å²) in [4.78, 5) is 37.8. The van der Waals surface area contributed by atoms with Crippen molar-refractivity contribution >= 4 is 75.2 Å². The fraction of sp³-hybridized carbons (Fsp3) is 0.385. The molecule has 12 nitrogen and oxygen atoms in total. The van der Waals surface area contributed by atoms with Crippen LogP contribution >= 0.6 is 57.5 Å². The minimum atomic E-state index is -1.16. The number of nitrogens with one attached hydrogen (secondary N) is 1. The van der Waals surface area contributed by atoms with Crippen LogP contribution in [0.15, 0.2) is 21.9 Å². The van der Waals surface area contributed by atoms with E-state index in [-0.39, 0.29) is 12.2 Å². The summed E-state index contributed by atoms with van der Waals surface area (Å²) in [6.45, 7) is -0.127. The van der Waals surface area contributed by atoms with Crippen molar-refractivity contribution in [3.8, 4) is 0 Å². The molecular formula is C13H11IN8O4S3. The van der Waals surface area contributed by atoms with Crippen LogP contribution in [0.5, 0.6) is 0 Å². The predicted molar refractivity (Wildman–Crippen MR) is 111 cm³/mol. The van der Waals surface area contributed by atoms with Crippen LogP contribution in [-0.4, -0.2) is 81.1 Å². The number of hydrogen-bond donors (Lipinski definition) is 2. The Labute approximate surface area is 189 Å². The van der Waals surface area contributed by atoms with E-state index in [1.54, 1.807) is 0 Å². The molecule has 0 spiro atoms. The lowest BCUT2D eigenvalue weighted by Crippen LogP contribution is -2.70. The van der Waals surface area contributed by atoms with E-state index in [0.29, 0.717) is 17.1 Å². The molecule has 2 aliphatic heterocycles. The van der Waals surface area contributed by atoms with Crippen LogP contribution < -0.4 is 5.32 Å². The van der Waals surface area contributed by atoms with Crippen LogP contribution in [0, 0.1) is 3.01 Å². The molecule has 1 fully saturated rings. The number of fused-ring (bicyclic) bond motifs is 1. The first-order valence-corrected chi connectivity index (χ1v) is 11.9. The molecule has 4 rings (SSSR count). The molecule has 2 atom stereocenters. The van der Waals surface area contributed by atoms with Crippen LogP contribution in [0.25, 0.3) is 0 Å². The van der Waals surface area contributed by atoms with E-state index in [1.807, 2.05) is 0 Å². The second-order valence-electron chi connectivity index (χ2n) is 5.83. The standard InChI is InChI=1S/C13H11IN8O4S3/c14-12-17-18-13(29-12)28-3-5-2-27-10-7(9(24)22(10)8(5)11(25)26)16-6(23)1-21-4-15-19-20-21/h4,7,10H,1-3H2,(H,16,23)(H,25,26)/t7-,10-/m1/s1. The van der Waals surface area contributed by atoms with Crippen molar-refractivity contribution in [2.75, 3.05) is 11.5 Å². The van der Waals surface area contributed by atoms with Crippen molar-refractivity contribution in [3.63, 3.8) is 0 Å². The largest absolute Gasteiger partial charge is 0.477 e. The third-order valence-corrected chi connectivity index (χ3v) is 8.16. The van der Waals surface area contributed by atoms with Gasteiger partial charge in [0, 0.05) is 11.5 Å². The highest BCUT2D eigenvalue weighted by Crippen LogP contribution is 2.41. The van der Waals surface area contributed by atoms with Crippen molar-refractivity contribution in [1.82, 2.24) is 40.6 Å². The second kappa shape index (κ2) is 8.52. The number of aliphatic carboxylic acids is 1. The maximum atomic E-state index is 12.6. The lowest BCUT2D eigenvalue weighted by atomic mass is 10.0. The highest BCUT2D eigenvalue weighted by Gasteiger charge is 2.54. The average molecular weight is 566 g/mol. The van der Waals surface area contributed by atoms with Gasteiger partial charge >= 0.3 is 5.97 Å². The van der Waals surface area contributed by atoms with Crippen LogP contribution in [0.2, 0.25) is 0 Å². The molecule has 29 heavy (non-hydrogen) atoms. The summed E-state index contributed by atoms with van der Waals surface area (Å²) in [5.74, 6) is -1.20. The van der Waals surface area contributed by atoms with Gasteiger partial charge in [0.25, 0.3) is 5.91 Å². The zero-order valence-electron chi connectivity index (χ0n) is 14.3. The smallest absolute Gasteiger partial charge is 0.352 e. The van der Waals surface area contributed by atoms with Gasteiger partial charge in [-0.3, -0.25) is 14.5 Å². The number of carbonyl (C=O) groups excluding carboxylic acids is 2. The summed E-state index contributed by atoms with van der Waals surface area (Å²) in [6.07, 6.45) is 1.29. The van der Waals surface area contributed by atoms with Crippen molar-refractivity contribution in [2.45, 2.75) is 22.3 Å². The molecule has 1 saturated heterocycles. The summed E-state index contributed by atoms with van der Waals surface area (Å²) in [5.41, 5.74) is 0.622. The Morgan fingerprint density at radius 2 is 2.24 bits per heavy atom. The number of carboxylic acid groups (broad SMARTS) is 1. The highest BCUT2D eigenvalue weighted by atomic mass is 127. The van der Waals surface area contributed by atoms with Gasteiger partial charge in [-0.25, -0.2) is 9.48 Å². The fourth-order valence-electron chi connectivity index (χ4n) is 2.81. The number of carboxylic acids is 1. The van der Waals surface area contributed by atoms with E-state index >= 15 is 0 Å². The Bertz CT molecular complexity index is 996. The van der Waals surface area contributed by atoms with Gasteiger partial charge in [0.1, 0.15) is 30.0 Å². The maximum Gasteiger partial charge on any atom is 0.352 e. The lowest BCUT2D eigenvalue weighted by molar-refractivity contribution is -0.150. The number of amides is 2. The summed E-state index contributed by atoms with van der Waals surface area (Å²) >= 11 is 6.29. The normalized spacial score (nSPS) is 21.0. The van der Waals surface area contributed by atoms with E-state index in [2.05, 4.69) is 53.6 Å². The van der Waals surface area contributed by atoms with Gasteiger partial charge in [0.2, 0.25) is 5.91 Å². The SMILES string of the molecule is O=C(Cn1cnnn1)N[C@@H]1C(=O)N2C(C(=O)O)=C(CSc3nnc(I)s3)CS[C@H]12. The molecule has 0 saturated carbocycles. The number of nitrogens with zero attached hydrogens (tertiary/aromatic N) is 7. The Hall–Kier alpha value is -1.79. The number of tetrazole rings is 1. The molecule has 0 aromatic carbocycles. The van der Waals surface area contributed by atoms with Gasteiger partial charge in [-0.15, -0.1) is 27.1 Å². The second-order valence-corrected chi connectivity index (χ2v) is 10.9. The van der Waals surface area contributed by atoms with E-state index in [1.165, 1.54) is 50.8 Å². The monoisotopic (exact) mass is 566 g/mol. The Kier molecular flexibility index (Phi) is 6.02. The van der Waals surface area contributed by atoms with Crippen molar-refractivity contribution < 1.29 is 19.5 Å². The van der Waals surface area contributed by atoms with Crippen LogP contribution in [0.1, 0.15) is 0 Å². The van der Waals surface area contributed by atoms with Crippen molar-refractivity contribution in [3.05, 3.63) is 20.6 Å². The van der Waals surface area contributed by atoms with E-state index in [4.69, 9.17) is 0 Å². The molecule has 4 heterocycles. The minimum absolute atomic E-state index is 0.0172. The fourth-order valence-corrected chi connectivity index (χ4v) is 7.06. The summed E-state index contributed by atoms with van der Waals surface area (Å²) in [7, 11) is 0. The molecule has 16 heteroatoms. The zero-order chi connectivity index (χ0) is 20.5. The van der Waals surface area contributed by atoms with Crippen LogP contribution in [0.3, 0.4) is 0 Å². The molecule has 0 unspecified atom stereocenters. The Morgan fingerprint density at radius 1 is 1.41 bits per heavy atom. The van der Waals surface area contributed by atoms with E-state index < -0.39 is 29.2 Å². The number of aromatic nitrogens is 6. The van der Waals surface area contributed by atoms with Gasteiger partial charge in [-0.2, -0.15) is 0 Å². The van der Waals surface area contributed by atoms with Gasteiger partial charge < -0.3 is 10.4 Å². The molecule has 152 valence electrons. The third kappa shape index (κ3) is 4.24. The molecular weight excluding hydrogens is 555 g/mol. The molecule has 2 aromatic rings. The Morgan fingerprint density at radius 3 is 2.90 bits per heavy atom. The minimum Gasteiger partial charge on any atom is -0.477 e. The topological polar surface area (TPSA) is 156 Å². The van der Waals surface area contributed by atoms with Crippen molar-refractivity contribution in [2.24, 2.45) is 0 Å². The third-order valence-electron chi connectivity index (χ3n) is 4.02. The summed E-state index contributed by atoms with van der Waals surface area (Å²) in [6, 6.07) is -0.780.